The summed E-state index contributed by atoms with van der Waals surface area (Å²) in [6.07, 6.45) is 4.37. The first-order chi connectivity index (χ1) is 18.1. The fraction of sp³-hybridized carbons (Fsp3) is 0.167. The molecule has 3 aromatic heterocycles. The Morgan fingerprint density at radius 3 is 2.42 bits per heavy atom. The molecule has 1 N–H and O–H groups in total. The smallest absolute Gasteiger partial charge is 0.338 e. The molecule has 1 aromatic carbocycles. The third kappa shape index (κ3) is 4.30. The van der Waals surface area contributed by atoms with Crippen molar-refractivity contribution in [3.63, 3.8) is 0 Å². The average Bonchev–Trinajstić information content (AvgIpc) is 2.86. The van der Waals surface area contributed by atoms with Gasteiger partial charge in [-0.2, -0.15) is 5.26 Å². The predicted octanol–water partition coefficient (Wildman–Crippen LogP) is 2.67. The minimum absolute atomic E-state index is 0.0118. The molecule has 1 aliphatic rings. The molecular weight excluding hydrogens is 543 g/mol. The van der Waals surface area contributed by atoms with Crippen molar-refractivity contribution in [3.8, 4) is 22.9 Å². The standard InChI is InChI=1S/C24H15Cl2F2N7O3/c25-14-6-16(10-30-7-14)35-21(36)19(13-1-2-18(28)17(26)5-13)20(34(4-3-29)23(35)37)33-11-24(38,12-33)22-31-8-15(27)9-32-22/h1-2,5-10,38H,4,11-12H2. The van der Waals surface area contributed by atoms with Gasteiger partial charge in [-0.25, -0.2) is 28.1 Å². The monoisotopic (exact) mass is 557 g/mol. The van der Waals surface area contributed by atoms with E-state index in [9.17, 15) is 28.7 Å². The van der Waals surface area contributed by atoms with Gasteiger partial charge in [0.05, 0.1) is 59.0 Å². The van der Waals surface area contributed by atoms with Crippen LogP contribution >= 0.6 is 23.2 Å². The fourth-order valence-corrected chi connectivity index (χ4v) is 4.62. The molecule has 0 aliphatic carbocycles. The number of aromatic nitrogens is 5. The molecule has 1 saturated heterocycles. The maximum absolute atomic E-state index is 14.0. The van der Waals surface area contributed by atoms with Crippen molar-refractivity contribution in [3.05, 3.63) is 97.4 Å². The van der Waals surface area contributed by atoms with Crippen LogP contribution in [0.15, 0.2) is 58.6 Å². The first-order valence-corrected chi connectivity index (χ1v) is 11.7. The summed E-state index contributed by atoms with van der Waals surface area (Å²) in [5, 5.41) is 20.5. The number of nitrogens with zero attached hydrogens (tertiary/aromatic N) is 7. The summed E-state index contributed by atoms with van der Waals surface area (Å²) in [4.78, 5) is 40.5. The summed E-state index contributed by atoms with van der Waals surface area (Å²) < 4.78 is 29.1. The largest absolute Gasteiger partial charge is 0.378 e. The second-order valence-corrected chi connectivity index (χ2v) is 9.31. The van der Waals surface area contributed by atoms with E-state index in [2.05, 4.69) is 15.0 Å². The lowest BCUT2D eigenvalue weighted by atomic mass is 9.92. The van der Waals surface area contributed by atoms with E-state index in [1.165, 1.54) is 35.5 Å². The number of benzene rings is 1. The molecule has 4 aromatic rings. The molecule has 1 aliphatic heterocycles. The minimum Gasteiger partial charge on any atom is -0.378 e. The Hall–Kier alpha value is -4.18. The second-order valence-electron chi connectivity index (χ2n) is 8.47. The zero-order valence-corrected chi connectivity index (χ0v) is 20.7. The van der Waals surface area contributed by atoms with Gasteiger partial charge in [0.15, 0.2) is 17.2 Å². The number of hydrogen-bond acceptors (Lipinski definition) is 8. The van der Waals surface area contributed by atoms with Crippen LogP contribution in [0.2, 0.25) is 10.0 Å². The van der Waals surface area contributed by atoms with E-state index in [-0.39, 0.29) is 51.6 Å². The number of aliphatic hydroxyl groups is 1. The van der Waals surface area contributed by atoms with Gasteiger partial charge in [-0.05, 0) is 23.8 Å². The van der Waals surface area contributed by atoms with Crippen LogP contribution in [0.4, 0.5) is 14.6 Å². The van der Waals surface area contributed by atoms with Crippen molar-refractivity contribution in [1.29, 1.82) is 5.26 Å². The molecule has 4 heterocycles. The van der Waals surface area contributed by atoms with Crippen molar-refractivity contribution < 1.29 is 13.9 Å². The van der Waals surface area contributed by atoms with Gasteiger partial charge in [0, 0.05) is 6.20 Å². The fourth-order valence-electron chi connectivity index (χ4n) is 4.27. The molecule has 14 heteroatoms. The summed E-state index contributed by atoms with van der Waals surface area (Å²) in [6, 6.07) is 6.83. The van der Waals surface area contributed by atoms with Gasteiger partial charge in [-0.3, -0.25) is 14.3 Å². The van der Waals surface area contributed by atoms with Crippen LogP contribution in [-0.2, 0) is 12.1 Å². The lowest BCUT2D eigenvalue weighted by Gasteiger charge is -2.47. The number of pyridine rings is 1. The van der Waals surface area contributed by atoms with Crippen LogP contribution in [0, 0.1) is 23.0 Å². The lowest BCUT2D eigenvalue weighted by molar-refractivity contribution is -0.00209. The van der Waals surface area contributed by atoms with E-state index in [1.807, 2.05) is 6.07 Å². The highest BCUT2D eigenvalue weighted by Gasteiger charge is 2.47. The molecular formula is C24H15Cl2F2N7O3. The molecule has 10 nitrogen and oxygen atoms in total. The zero-order valence-electron chi connectivity index (χ0n) is 19.1. The Balaban J connectivity index is 1.76. The third-order valence-corrected chi connectivity index (χ3v) is 6.44. The Kier molecular flexibility index (Phi) is 6.44. The van der Waals surface area contributed by atoms with Gasteiger partial charge >= 0.3 is 5.69 Å². The van der Waals surface area contributed by atoms with Crippen LogP contribution in [0.5, 0.6) is 0 Å². The van der Waals surface area contributed by atoms with Crippen molar-refractivity contribution in [2.45, 2.75) is 12.1 Å². The minimum atomic E-state index is -1.63. The molecule has 0 saturated carbocycles. The highest BCUT2D eigenvalue weighted by atomic mass is 35.5. The van der Waals surface area contributed by atoms with Crippen molar-refractivity contribution in [2.75, 3.05) is 18.0 Å². The number of nitriles is 1. The van der Waals surface area contributed by atoms with E-state index >= 15 is 0 Å². The summed E-state index contributed by atoms with van der Waals surface area (Å²) in [7, 11) is 0. The van der Waals surface area contributed by atoms with Crippen molar-refractivity contribution >= 4 is 29.0 Å². The number of β-amino-alcohol motifs (C(OH)–C–C–N with tert-alkyl or cyclic N) is 1. The number of rotatable bonds is 5. The Bertz CT molecular complexity index is 1730. The van der Waals surface area contributed by atoms with E-state index < -0.39 is 35.0 Å². The van der Waals surface area contributed by atoms with Gasteiger partial charge in [0.1, 0.15) is 18.2 Å². The predicted molar refractivity (Wildman–Crippen MR) is 133 cm³/mol. The van der Waals surface area contributed by atoms with E-state index in [4.69, 9.17) is 23.2 Å². The molecule has 0 amide bonds. The Morgan fingerprint density at radius 2 is 1.79 bits per heavy atom. The normalized spacial score (nSPS) is 14.2. The first-order valence-electron chi connectivity index (χ1n) is 10.9. The highest BCUT2D eigenvalue weighted by Crippen LogP contribution is 2.38. The van der Waals surface area contributed by atoms with Crippen LogP contribution in [0.1, 0.15) is 5.82 Å². The van der Waals surface area contributed by atoms with Crippen LogP contribution < -0.4 is 16.1 Å². The van der Waals surface area contributed by atoms with Gasteiger partial charge in [-0.1, -0.05) is 29.3 Å². The highest BCUT2D eigenvalue weighted by molar-refractivity contribution is 6.31. The summed E-state index contributed by atoms with van der Waals surface area (Å²) in [5.74, 6) is -1.49. The summed E-state index contributed by atoms with van der Waals surface area (Å²) in [6.45, 7) is -0.881. The first kappa shape index (κ1) is 25.5. The van der Waals surface area contributed by atoms with Crippen LogP contribution in [0.3, 0.4) is 0 Å². The van der Waals surface area contributed by atoms with Gasteiger partial charge in [0.2, 0.25) is 0 Å². The molecule has 192 valence electrons. The molecule has 38 heavy (non-hydrogen) atoms. The molecule has 0 unspecified atom stereocenters. The van der Waals surface area contributed by atoms with Crippen molar-refractivity contribution in [1.82, 2.24) is 24.1 Å². The average molecular weight is 558 g/mol. The van der Waals surface area contributed by atoms with Crippen molar-refractivity contribution in [2.24, 2.45) is 0 Å². The maximum Gasteiger partial charge on any atom is 0.338 e. The van der Waals surface area contributed by atoms with Gasteiger partial charge in [-0.15, -0.1) is 0 Å². The molecule has 0 spiro atoms. The quantitative estimate of drug-likeness (QED) is 0.396. The van der Waals surface area contributed by atoms with E-state index in [1.54, 1.807) is 0 Å². The molecule has 0 bridgehead atoms. The number of anilines is 1. The maximum atomic E-state index is 14.0. The van der Waals surface area contributed by atoms with Crippen LogP contribution in [0.25, 0.3) is 16.8 Å². The summed E-state index contributed by atoms with van der Waals surface area (Å²) >= 11 is 12.0. The van der Waals surface area contributed by atoms with E-state index in [0.29, 0.717) is 0 Å². The summed E-state index contributed by atoms with van der Waals surface area (Å²) in [5.41, 5.74) is -3.23. The lowest BCUT2D eigenvalue weighted by Crippen LogP contribution is -2.62. The SMILES string of the molecule is N#CCn1c(N2CC(O)(c3ncc(F)cn3)C2)c(-c2ccc(F)c(Cl)c2)c(=O)n(-c2cncc(Cl)c2)c1=O. The van der Waals surface area contributed by atoms with Gasteiger partial charge < -0.3 is 10.0 Å². The molecule has 0 radical (unpaired) electrons. The number of halogens is 4. The molecule has 5 rings (SSSR count). The number of hydrogen-bond donors (Lipinski definition) is 1. The Morgan fingerprint density at radius 1 is 1.08 bits per heavy atom. The Labute approximate surface area is 222 Å². The van der Waals surface area contributed by atoms with Gasteiger partial charge in [0.25, 0.3) is 5.56 Å². The van der Waals surface area contributed by atoms with E-state index in [0.717, 1.165) is 27.6 Å². The third-order valence-electron chi connectivity index (χ3n) is 5.95. The molecule has 0 atom stereocenters. The zero-order chi connectivity index (χ0) is 27.2. The second kappa shape index (κ2) is 9.60. The van der Waals surface area contributed by atoms with Crippen LogP contribution in [-0.4, -0.2) is 42.3 Å². The topological polar surface area (TPSA) is 130 Å². The molecule has 1 fully saturated rings.